The number of rotatable bonds is 3. The van der Waals surface area contributed by atoms with E-state index in [4.69, 9.17) is 11.6 Å². The molecule has 0 aliphatic heterocycles. The minimum atomic E-state index is -3.95. The van der Waals surface area contributed by atoms with Crippen molar-refractivity contribution in [3.8, 4) is 0 Å². The van der Waals surface area contributed by atoms with E-state index in [1.807, 2.05) is 0 Å². The summed E-state index contributed by atoms with van der Waals surface area (Å²) in [5, 5.41) is 9.90. The van der Waals surface area contributed by atoms with Crippen LogP contribution in [-0.2, 0) is 10.0 Å². The van der Waals surface area contributed by atoms with Crippen LogP contribution in [0.1, 0.15) is 15.9 Å². The van der Waals surface area contributed by atoms with Crippen LogP contribution in [0.5, 0.6) is 0 Å². The van der Waals surface area contributed by atoms with Crippen molar-refractivity contribution in [3.05, 3.63) is 64.8 Å². The predicted octanol–water partition coefficient (Wildman–Crippen LogP) is 3.54. The van der Waals surface area contributed by atoms with E-state index in [9.17, 15) is 18.3 Å². The molecule has 0 atom stereocenters. The second kappa shape index (κ2) is 5.40. The highest BCUT2D eigenvalue weighted by Gasteiger charge is 2.25. The third kappa shape index (κ3) is 2.40. The maximum Gasteiger partial charge on any atom is 0.337 e. The summed E-state index contributed by atoms with van der Waals surface area (Å²) in [7, 11) is -3.95. The van der Waals surface area contributed by atoms with Crippen LogP contribution in [0.2, 0.25) is 5.02 Å². The van der Waals surface area contributed by atoms with Gasteiger partial charge in [0.2, 0.25) is 0 Å². The van der Waals surface area contributed by atoms with Crippen LogP contribution in [0.15, 0.2) is 53.6 Å². The summed E-state index contributed by atoms with van der Waals surface area (Å²) < 4.78 is 26.7. The third-order valence-corrected chi connectivity index (χ3v) is 5.58. The van der Waals surface area contributed by atoms with Crippen molar-refractivity contribution in [3.63, 3.8) is 0 Å². The Labute approximate surface area is 137 Å². The predicted molar refractivity (Wildman–Crippen MR) is 87.7 cm³/mol. The van der Waals surface area contributed by atoms with Crippen molar-refractivity contribution in [2.45, 2.75) is 11.8 Å². The Balaban J connectivity index is 2.44. The van der Waals surface area contributed by atoms with E-state index in [1.54, 1.807) is 37.3 Å². The first-order valence-electron chi connectivity index (χ1n) is 6.68. The molecule has 0 unspecified atom stereocenters. The lowest BCUT2D eigenvalue weighted by atomic mass is 10.1. The number of fused-ring (bicyclic) bond motifs is 1. The van der Waals surface area contributed by atoms with Crippen molar-refractivity contribution in [2.24, 2.45) is 0 Å². The molecule has 23 heavy (non-hydrogen) atoms. The highest BCUT2D eigenvalue weighted by molar-refractivity contribution is 7.90. The number of hydrogen-bond acceptors (Lipinski definition) is 3. The smallest absolute Gasteiger partial charge is 0.337 e. The number of nitrogens with zero attached hydrogens (tertiary/aromatic N) is 1. The number of carbonyl (C=O) groups is 1. The van der Waals surface area contributed by atoms with Crippen molar-refractivity contribution in [1.82, 2.24) is 3.97 Å². The van der Waals surface area contributed by atoms with Crippen molar-refractivity contribution in [1.29, 1.82) is 0 Å². The Morgan fingerprint density at radius 3 is 2.39 bits per heavy atom. The highest BCUT2D eigenvalue weighted by atomic mass is 35.5. The van der Waals surface area contributed by atoms with Gasteiger partial charge in [-0.15, -0.1) is 0 Å². The molecule has 7 heteroatoms. The molecule has 2 aromatic carbocycles. The van der Waals surface area contributed by atoms with Gasteiger partial charge in [0.25, 0.3) is 10.0 Å². The standard InChI is InChI=1S/C16H12ClNO4S/c1-10-7-8-13(17)15-14(10)12(16(19)20)9-18(15)23(21,22)11-5-3-2-4-6-11/h2-9H,1H3,(H,19,20). The normalized spacial score (nSPS) is 11.7. The number of aryl methyl sites for hydroxylation is 1. The van der Waals surface area contributed by atoms with Gasteiger partial charge in [-0.25, -0.2) is 17.2 Å². The molecule has 0 bridgehead atoms. The summed E-state index contributed by atoms with van der Waals surface area (Å²) >= 11 is 6.17. The van der Waals surface area contributed by atoms with Crippen LogP contribution in [-0.4, -0.2) is 23.5 Å². The monoisotopic (exact) mass is 349 g/mol. The maximum atomic E-state index is 12.9. The summed E-state index contributed by atoms with van der Waals surface area (Å²) in [5.74, 6) is -1.21. The first-order valence-corrected chi connectivity index (χ1v) is 8.50. The topological polar surface area (TPSA) is 76.4 Å². The summed E-state index contributed by atoms with van der Waals surface area (Å²) in [4.78, 5) is 11.6. The van der Waals surface area contributed by atoms with Gasteiger partial charge in [-0.05, 0) is 30.7 Å². The molecular weight excluding hydrogens is 338 g/mol. The lowest BCUT2D eigenvalue weighted by molar-refractivity contribution is 0.0699. The average Bonchev–Trinajstić information content (AvgIpc) is 2.95. The summed E-state index contributed by atoms with van der Waals surface area (Å²) in [6.45, 7) is 1.71. The summed E-state index contributed by atoms with van der Waals surface area (Å²) in [6, 6.07) is 11.0. The number of carboxylic acids is 1. The van der Waals surface area contributed by atoms with Crippen molar-refractivity contribution >= 4 is 38.5 Å². The van der Waals surface area contributed by atoms with Gasteiger partial charge in [-0.3, -0.25) is 0 Å². The van der Waals surface area contributed by atoms with Gasteiger partial charge >= 0.3 is 5.97 Å². The minimum Gasteiger partial charge on any atom is -0.478 e. The first kappa shape index (κ1) is 15.6. The molecule has 1 N–H and O–H groups in total. The Morgan fingerprint density at radius 2 is 1.78 bits per heavy atom. The number of carboxylic acid groups (broad SMARTS) is 1. The van der Waals surface area contributed by atoms with Gasteiger partial charge in [0.1, 0.15) is 0 Å². The van der Waals surface area contributed by atoms with Crippen LogP contribution in [0.25, 0.3) is 10.9 Å². The molecule has 5 nitrogen and oxygen atoms in total. The fourth-order valence-electron chi connectivity index (χ4n) is 2.53. The van der Waals surface area contributed by atoms with E-state index in [-0.39, 0.29) is 21.0 Å². The molecule has 0 fully saturated rings. The zero-order chi connectivity index (χ0) is 16.8. The van der Waals surface area contributed by atoms with E-state index in [1.165, 1.54) is 12.1 Å². The molecule has 118 valence electrons. The van der Waals surface area contributed by atoms with Crippen LogP contribution in [0.4, 0.5) is 0 Å². The fourth-order valence-corrected chi connectivity index (χ4v) is 4.23. The van der Waals surface area contributed by atoms with Crippen molar-refractivity contribution in [2.75, 3.05) is 0 Å². The molecule has 1 heterocycles. The Bertz CT molecular complexity index is 1020. The molecule has 0 radical (unpaired) electrons. The van der Waals surface area contributed by atoms with E-state index in [2.05, 4.69) is 0 Å². The fraction of sp³-hybridized carbons (Fsp3) is 0.0625. The zero-order valence-electron chi connectivity index (χ0n) is 12.0. The van der Waals surface area contributed by atoms with Gasteiger partial charge in [-0.2, -0.15) is 0 Å². The van der Waals surface area contributed by atoms with Gasteiger partial charge in [0.05, 0.1) is 21.0 Å². The summed E-state index contributed by atoms with van der Waals surface area (Å²) in [5.41, 5.74) is 0.719. The van der Waals surface area contributed by atoms with Crippen LogP contribution >= 0.6 is 11.6 Å². The lowest BCUT2D eigenvalue weighted by Crippen LogP contribution is -2.12. The molecule has 0 amide bonds. The lowest BCUT2D eigenvalue weighted by Gasteiger charge is -2.09. The molecule has 3 aromatic rings. The second-order valence-electron chi connectivity index (χ2n) is 5.05. The van der Waals surface area contributed by atoms with Gasteiger partial charge < -0.3 is 5.11 Å². The Morgan fingerprint density at radius 1 is 1.13 bits per heavy atom. The second-order valence-corrected chi connectivity index (χ2v) is 7.27. The number of benzene rings is 2. The molecule has 1 aromatic heterocycles. The SMILES string of the molecule is Cc1ccc(Cl)c2c1c(C(=O)O)cn2S(=O)(=O)c1ccccc1. The minimum absolute atomic E-state index is 0.0615. The van der Waals surface area contributed by atoms with E-state index in [0.717, 1.165) is 10.2 Å². The highest BCUT2D eigenvalue weighted by Crippen LogP contribution is 2.33. The Kier molecular flexibility index (Phi) is 3.66. The zero-order valence-corrected chi connectivity index (χ0v) is 13.6. The molecule has 3 rings (SSSR count). The number of aromatic carboxylic acids is 1. The van der Waals surface area contributed by atoms with E-state index >= 15 is 0 Å². The van der Waals surface area contributed by atoms with Gasteiger partial charge in [0, 0.05) is 11.6 Å². The summed E-state index contributed by atoms with van der Waals surface area (Å²) in [6.07, 6.45) is 1.11. The molecular formula is C16H12ClNO4S. The van der Waals surface area contributed by atoms with Crippen LogP contribution < -0.4 is 0 Å². The molecule has 0 saturated carbocycles. The molecule has 0 aliphatic rings. The van der Waals surface area contributed by atoms with Crippen molar-refractivity contribution < 1.29 is 18.3 Å². The van der Waals surface area contributed by atoms with Gasteiger partial charge in [0.15, 0.2) is 0 Å². The quantitative estimate of drug-likeness (QED) is 0.784. The maximum absolute atomic E-state index is 12.9. The molecule has 0 aliphatic carbocycles. The van der Waals surface area contributed by atoms with E-state index < -0.39 is 16.0 Å². The number of halogens is 1. The average molecular weight is 350 g/mol. The largest absolute Gasteiger partial charge is 0.478 e. The van der Waals surface area contributed by atoms with E-state index in [0.29, 0.717) is 10.9 Å². The number of hydrogen-bond donors (Lipinski definition) is 1. The molecule has 0 saturated heterocycles. The molecule has 0 spiro atoms. The first-order chi connectivity index (χ1) is 10.8. The van der Waals surface area contributed by atoms with Crippen LogP contribution in [0, 0.1) is 6.92 Å². The number of aromatic nitrogens is 1. The van der Waals surface area contributed by atoms with Gasteiger partial charge in [-0.1, -0.05) is 35.9 Å². The van der Waals surface area contributed by atoms with Crippen LogP contribution in [0.3, 0.4) is 0 Å². The third-order valence-electron chi connectivity index (χ3n) is 3.60. The Hall–Kier alpha value is -2.31.